The summed E-state index contributed by atoms with van der Waals surface area (Å²) in [6, 6.07) is 1.70. The maximum Gasteiger partial charge on any atom is 0.171 e. The van der Waals surface area contributed by atoms with Gasteiger partial charge in [0.15, 0.2) is 5.17 Å². The summed E-state index contributed by atoms with van der Waals surface area (Å²) in [5.41, 5.74) is 3.55. The molecule has 1 N–H and O–H groups in total. The number of aliphatic imine (C=N–C) groups is 1. The molecule has 2 aliphatic rings. The van der Waals surface area contributed by atoms with E-state index in [0.717, 1.165) is 5.17 Å². The van der Waals surface area contributed by atoms with Crippen LogP contribution in [0.15, 0.2) is 4.99 Å². The standard InChI is InChI=1S/C13H25N3S/c1-9-8-17-13(14-12(9)4)15-16-10(2)6-5-7-11(16)3/h9-12H,5-8H2,1-4H3,(H,14,15). The van der Waals surface area contributed by atoms with Crippen LogP contribution in [-0.2, 0) is 0 Å². The van der Waals surface area contributed by atoms with Crippen LogP contribution >= 0.6 is 11.8 Å². The van der Waals surface area contributed by atoms with Crippen molar-refractivity contribution in [3.63, 3.8) is 0 Å². The van der Waals surface area contributed by atoms with E-state index in [9.17, 15) is 0 Å². The van der Waals surface area contributed by atoms with Crippen LogP contribution in [0.1, 0.15) is 47.0 Å². The molecule has 17 heavy (non-hydrogen) atoms. The third-order valence-corrected chi connectivity index (χ3v) is 5.21. The molecule has 1 fully saturated rings. The third kappa shape index (κ3) is 3.16. The highest BCUT2D eigenvalue weighted by Crippen LogP contribution is 2.24. The van der Waals surface area contributed by atoms with E-state index in [-0.39, 0.29) is 0 Å². The number of rotatable bonds is 1. The number of nitrogens with zero attached hydrogens (tertiary/aromatic N) is 2. The van der Waals surface area contributed by atoms with Crippen molar-refractivity contribution in [2.75, 3.05) is 5.75 Å². The summed E-state index contributed by atoms with van der Waals surface area (Å²) in [4.78, 5) is 4.75. The smallest absolute Gasteiger partial charge is 0.171 e. The Bertz CT molecular complexity index is 282. The molecule has 2 heterocycles. The number of nitrogens with one attached hydrogen (secondary N) is 1. The normalized spacial score (nSPS) is 39.9. The van der Waals surface area contributed by atoms with Gasteiger partial charge in [0.25, 0.3) is 0 Å². The molecule has 0 aromatic rings. The summed E-state index contributed by atoms with van der Waals surface area (Å²) in [5.74, 6) is 1.88. The fourth-order valence-electron chi connectivity index (χ4n) is 2.51. The van der Waals surface area contributed by atoms with E-state index in [1.165, 1.54) is 25.0 Å². The average Bonchev–Trinajstić information content (AvgIpc) is 2.28. The summed E-state index contributed by atoms with van der Waals surface area (Å²) in [5, 5.41) is 3.52. The van der Waals surface area contributed by atoms with Gasteiger partial charge < -0.3 is 0 Å². The van der Waals surface area contributed by atoms with Crippen LogP contribution in [0.3, 0.4) is 0 Å². The molecule has 0 aromatic heterocycles. The maximum absolute atomic E-state index is 4.75. The van der Waals surface area contributed by atoms with Crippen LogP contribution in [-0.4, -0.2) is 34.1 Å². The molecule has 0 aromatic carbocycles. The number of hydrogen-bond donors (Lipinski definition) is 1. The van der Waals surface area contributed by atoms with Crippen molar-refractivity contribution >= 4 is 16.9 Å². The molecule has 4 heteroatoms. The van der Waals surface area contributed by atoms with E-state index in [0.29, 0.717) is 24.0 Å². The molecular formula is C13H25N3S. The van der Waals surface area contributed by atoms with Gasteiger partial charge in [-0.2, -0.15) is 0 Å². The monoisotopic (exact) mass is 255 g/mol. The van der Waals surface area contributed by atoms with E-state index < -0.39 is 0 Å². The third-order valence-electron chi connectivity index (χ3n) is 4.05. The zero-order chi connectivity index (χ0) is 12.4. The zero-order valence-electron chi connectivity index (χ0n) is 11.4. The summed E-state index contributed by atoms with van der Waals surface area (Å²) < 4.78 is 0. The summed E-state index contributed by atoms with van der Waals surface area (Å²) in [6.45, 7) is 9.12. The first-order valence-corrected chi connectivity index (χ1v) is 7.82. The van der Waals surface area contributed by atoms with E-state index in [1.807, 2.05) is 11.8 Å². The predicted molar refractivity (Wildman–Crippen MR) is 76.3 cm³/mol. The summed E-state index contributed by atoms with van der Waals surface area (Å²) in [6.07, 6.45) is 3.94. The van der Waals surface area contributed by atoms with Gasteiger partial charge in [-0.25, -0.2) is 5.01 Å². The van der Waals surface area contributed by atoms with Crippen molar-refractivity contribution in [3.05, 3.63) is 0 Å². The lowest BCUT2D eigenvalue weighted by molar-refractivity contribution is 0.0750. The topological polar surface area (TPSA) is 27.6 Å². The molecule has 2 aliphatic heterocycles. The van der Waals surface area contributed by atoms with Crippen molar-refractivity contribution in [2.45, 2.75) is 65.1 Å². The average molecular weight is 255 g/mol. The van der Waals surface area contributed by atoms with E-state index >= 15 is 0 Å². The molecular weight excluding hydrogens is 230 g/mol. The highest BCUT2D eigenvalue weighted by molar-refractivity contribution is 8.13. The van der Waals surface area contributed by atoms with Crippen molar-refractivity contribution in [3.8, 4) is 0 Å². The van der Waals surface area contributed by atoms with Gasteiger partial charge >= 0.3 is 0 Å². The highest BCUT2D eigenvalue weighted by atomic mass is 32.2. The second-order valence-electron chi connectivity index (χ2n) is 5.61. The first kappa shape index (κ1) is 13.2. The quantitative estimate of drug-likeness (QED) is 0.781. The number of piperidine rings is 1. The maximum atomic E-state index is 4.75. The lowest BCUT2D eigenvalue weighted by Gasteiger charge is -2.40. The van der Waals surface area contributed by atoms with Gasteiger partial charge in [0.05, 0.1) is 6.04 Å². The fourth-order valence-corrected chi connectivity index (χ4v) is 3.62. The lowest BCUT2D eigenvalue weighted by Crippen LogP contribution is -2.54. The Balaban J connectivity index is 1.98. The van der Waals surface area contributed by atoms with Crippen LogP contribution in [0.5, 0.6) is 0 Å². The summed E-state index contributed by atoms with van der Waals surface area (Å²) >= 11 is 1.87. The van der Waals surface area contributed by atoms with Crippen molar-refractivity contribution in [2.24, 2.45) is 10.9 Å². The van der Waals surface area contributed by atoms with Gasteiger partial charge in [0.1, 0.15) is 0 Å². The van der Waals surface area contributed by atoms with Gasteiger partial charge in [0, 0.05) is 17.8 Å². The molecule has 3 nitrogen and oxygen atoms in total. The molecule has 0 spiro atoms. The highest BCUT2D eigenvalue weighted by Gasteiger charge is 2.27. The molecule has 0 saturated carbocycles. The second kappa shape index (κ2) is 5.61. The Morgan fingerprint density at radius 2 is 1.82 bits per heavy atom. The Labute approximate surface area is 109 Å². The van der Waals surface area contributed by atoms with E-state index in [1.54, 1.807) is 0 Å². The van der Waals surface area contributed by atoms with Crippen LogP contribution in [0, 0.1) is 5.92 Å². The number of hydrazine groups is 1. The molecule has 98 valence electrons. The van der Waals surface area contributed by atoms with Crippen molar-refractivity contribution in [1.82, 2.24) is 10.4 Å². The minimum atomic E-state index is 0.453. The van der Waals surface area contributed by atoms with Crippen LogP contribution in [0.25, 0.3) is 0 Å². The first-order chi connectivity index (χ1) is 8.08. The molecule has 4 unspecified atom stereocenters. The van der Waals surface area contributed by atoms with E-state index in [2.05, 4.69) is 38.1 Å². The van der Waals surface area contributed by atoms with Gasteiger partial charge in [-0.1, -0.05) is 25.1 Å². The fraction of sp³-hybridized carbons (Fsp3) is 0.923. The molecule has 0 aliphatic carbocycles. The lowest BCUT2D eigenvalue weighted by atomic mass is 10.00. The minimum absolute atomic E-state index is 0.453. The van der Waals surface area contributed by atoms with Gasteiger partial charge in [-0.15, -0.1) is 0 Å². The Kier molecular flexibility index (Phi) is 4.36. The van der Waals surface area contributed by atoms with Gasteiger partial charge in [-0.05, 0) is 39.5 Å². The molecule has 2 rings (SSSR count). The molecule has 0 radical (unpaired) electrons. The number of thioether (sulfide) groups is 1. The SMILES string of the molecule is CC1CSC(NN2C(C)CCCC2C)=NC1C. The van der Waals surface area contributed by atoms with Gasteiger partial charge in [0.2, 0.25) is 0 Å². The molecule has 0 amide bonds. The second-order valence-corrected chi connectivity index (χ2v) is 6.62. The minimum Gasteiger partial charge on any atom is -0.297 e. The van der Waals surface area contributed by atoms with Crippen LogP contribution < -0.4 is 5.43 Å². The van der Waals surface area contributed by atoms with Crippen LogP contribution in [0.4, 0.5) is 0 Å². The van der Waals surface area contributed by atoms with Gasteiger partial charge in [-0.3, -0.25) is 10.4 Å². The first-order valence-electron chi connectivity index (χ1n) is 6.83. The molecule has 0 bridgehead atoms. The Hall–Kier alpha value is -0.220. The Morgan fingerprint density at radius 1 is 1.18 bits per heavy atom. The van der Waals surface area contributed by atoms with E-state index in [4.69, 9.17) is 4.99 Å². The number of amidine groups is 1. The van der Waals surface area contributed by atoms with Crippen molar-refractivity contribution < 1.29 is 0 Å². The zero-order valence-corrected chi connectivity index (χ0v) is 12.3. The van der Waals surface area contributed by atoms with Crippen LogP contribution in [0.2, 0.25) is 0 Å². The largest absolute Gasteiger partial charge is 0.297 e. The molecule has 1 saturated heterocycles. The number of hydrogen-bond acceptors (Lipinski definition) is 4. The molecule has 4 atom stereocenters. The Morgan fingerprint density at radius 3 is 2.41 bits per heavy atom. The summed E-state index contributed by atoms with van der Waals surface area (Å²) in [7, 11) is 0. The predicted octanol–water partition coefficient (Wildman–Crippen LogP) is 2.88. The van der Waals surface area contributed by atoms with Crippen molar-refractivity contribution in [1.29, 1.82) is 0 Å².